The molecule has 4 rings (SSSR count). The molecule has 1 aromatic rings. The van der Waals surface area contributed by atoms with Crippen LogP contribution in [-0.2, 0) is 11.3 Å². The Morgan fingerprint density at radius 1 is 1.07 bits per heavy atom. The molecule has 1 aromatic carbocycles. The van der Waals surface area contributed by atoms with Gasteiger partial charge in [-0.2, -0.15) is 0 Å². The van der Waals surface area contributed by atoms with Crippen molar-refractivity contribution in [1.82, 2.24) is 9.80 Å². The fourth-order valence-electron chi connectivity index (χ4n) is 5.77. The molecule has 1 heterocycles. The van der Waals surface area contributed by atoms with Crippen LogP contribution in [0.3, 0.4) is 0 Å². The highest BCUT2D eigenvalue weighted by molar-refractivity contribution is 5.79. The van der Waals surface area contributed by atoms with E-state index in [0.717, 1.165) is 45.3 Å². The highest BCUT2D eigenvalue weighted by atomic mass is 16.2. The fourth-order valence-corrected chi connectivity index (χ4v) is 5.77. The van der Waals surface area contributed by atoms with Gasteiger partial charge in [0.1, 0.15) is 0 Å². The summed E-state index contributed by atoms with van der Waals surface area (Å²) in [6.45, 7) is 3.19. The van der Waals surface area contributed by atoms with Crippen LogP contribution in [0.15, 0.2) is 30.3 Å². The molecule has 27 heavy (non-hydrogen) atoms. The van der Waals surface area contributed by atoms with Crippen LogP contribution in [0.5, 0.6) is 0 Å². The van der Waals surface area contributed by atoms with E-state index < -0.39 is 0 Å². The minimum atomic E-state index is 0.215. The number of hydrogen-bond donors (Lipinski definition) is 1. The fraction of sp³-hybridized carbons (Fsp3) is 0.696. The number of hydrogen-bond acceptors (Lipinski definition) is 3. The number of fused-ring (bicyclic) bond motifs is 2. The van der Waals surface area contributed by atoms with Crippen LogP contribution in [0, 0.1) is 17.8 Å². The molecular weight excluding hydrogens is 334 g/mol. The van der Waals surface area contributed by atoms with Crippen molar-refractivity contribution in [3.8, 4) is 0 Å². The van der Waals surface area contributed by atoms with Gasteiger partial charge in [0.15, 0.2) is 0 Å². The van der Waals surface area contributed by atoms with Crippen LogP contribution in [0.25, 0.3) is 0 Å². The molecule has 3 fully saturated rings. The van der Waals surface area contributed by atoms with Gasteiger partial charge in [-0.1, -0.05) is 36.8 Å². The SMILES string of the molecule is CN(C(=O)C1CC2CCCC(C1)C2N)C1CCN(Cc2ccccc2)CC1. The number of nitrogens with two attached hydrogens (primary N) is 1. The Bertz CT molecular complexity index is 612. The number of amides is 1. The first-order valence-electron chi connectivity index (χ1n) is 10.9. The molecule has 2 bridgehead atoms. The monoisotopic (exact) mass is 369 g/mol. The highest BCUT2D eigenvalue weighted by Gasteiger charge is 2.42. The second kappa shape index (κ2) is 8.32. The second-order valence-electron chi connectivity index (χ2n) is 9.14. The van der Waals surface area contributed by atoms with Crippen LogP contribution in [0.2, 0.25) is 0 Å². The van der Waals surface area contributed by atoms with Gasteiger partial charge < -0.3 is 10.6 Å². The molecule has 4 heteroatoms. The molecule has 1 saturated heterocycles. The average Bonchev–Trinajstić information content (AvgIpc) is 2.68. The molecule has 2 unspecified atom stereocenters. The lowest BCUT2D eigenvalue weighted by atomic mass is 9.65. The van der Waals surface area contributed by atoms with Gasteiger partial charge in [-0.15, -0.1) is 0 Å². The Morgan fingerprint density at radius 2 is 1.70 bits per heavy atom. The minimum Gasteiger partial charge on any atom is -0.342 e. The highest BCUT2D eigenvalue weighted by Crippen LogP contribution is 2.42. The maximum absolute atomic E-state index is 13.2. The Balaban J connectivity index is 1.29. The van der Waals surface area contributed by atoms with E-state index in [1.54, 1.807) is 0 Å². The van der Waals surface area contributed by atoms with Gasteiger partial charge in [-0.25, -0.2) is 0 Å². The summed E-state index contributed by atoms with van der Waals surface area (Å²) in [5, 5.41) is 0. The molecule has 1 aliphatic heterocycles. The third-order valence-electron chi connectivity index (χ3n) is 7.46. The first-order valence-corrected chi connectivity index (χ1v) is 10.9. The van der Waals surface area contributed by atoms with E-state index in [1.165, 1.54) is 24.8 Å². The third-order valence-corrected chi connectivity index (χ3v) is 7.46. The van der Waals surface area contributed by atoms with Gasteiger partial charge in [0.25, 0.3) is 0 Å². The number of benzene rings is 1. The summed E-state index contributed by atoms with van der Waals surface area (Å²) in [5.41, 5.74) is 7.79. The molecule has 2 aliphatic carbocycles. The molecular formula is C23H35N3O. The van der Waals surface area contributed by atoms with Crippen LogP contribution >= 0.6 is 0 Å². The maximum atomic E-state index is 13.2. The van der Waals surface area contributed by atoms with Gasteiger partial charge in [0, 0.05) is 44.7 Å². The zero-order valence-corrected chi connectivity index (χ0v) is 16.7. The quantitative estimate of drug-likeness (QED) is 0.886. The van der Waals surface area contributed by atoms with E-state index in [2.05, 4.69) is 40.1 Å². The van der Waals surface area contributed by atoms with Crippen LogP contribution in [0.4, 0.5) is 0 Å². The Labute approximate surface area is 164 Å². The van der Waals surface area contributed by atoms with Crippen molar-refractivity contribution in [2.24, 2.45) is 23.5 Å². The maximum Gasteiger partial charge on any atom is 0.225 e. The molecule has 2 N–H and O–H groups in total. The minimum absolute atomic E-state index is 0.215. The van der Waals surface area contributed by atoms with Crippen LogP contribution in [-0.4, -0.2) is 47.9 Å². The van der Waals surface area contributed by atoms with Crippen molar-refractivity contribution in [3.63, 3.8) is 0 Å². The lowest BCUT2D eigenvalue weighted by Gasteiger charge is -2.45. The lowest BCUT2D eigenvalue weighted by Crippen LogP contribution is -2.52. The zero-order chi connectivity index (χ0) is 18.8. The van der Waals surface area contributed by atoms with Gasteiger partial charge in [0.05, 0.1) is 0 Å². The first kappa shape index (κ1) is 18.9. The van der Waals surface area contributed by atoms with Crippen molar-refractivity contribution >= 4 is 5.91 Å². The van der Waals surface area contributed by atoms with Crippen molar-refractivity contribution < 1.29 is 4.79 Å². The van der Waals surface area contributed by atoms with Gasteiger partial charge in [-0.05, 0) is 55.9 Å². The predicted molar refractivity (Wildman–Crippen MR) is 109 cm³/mol. The number of carbonyl (C=O) groups excluding carboxylic acids is 1. The molecule has 0 radical (unpaired) electrons. The van der Waals surface area contributed by atoms with E-state index in [-0.39, 0.29) is 5.92 Å². The number of rotatable bonds is 4. The Morgan fingerprint density at radius 3 is 2.33 bits per heavy atom. The van der Waals surface area contributed by atoms with Crippen LogP contribution in [0.1, 0.15) is 50.5 Å². The topological polar surface area (TPSA) is 49.6 Å². The van der Waals surface area contributed by atoms with Gasteiger partial charge in [-0.3, -0.25) is 9.69 Å². The van der Waals surface area contributed by atoms with E-state index in [9.17, 15) is 4.79 Å². The number of nitrogens with zero attached hydrogens (tertiary/aromatic N) is 2. The molecule has 3 aliphatic rings. The van der Waals surface area contributed by atoms with E-state index >= 15 is 0 Å². The average molecular weight is 370 g/mol. The first-order chi connectivity index (χ1) is 13.1. The molecule has 4 nitrogen and oxygen atoms in total. The number of likely N-dealkylation sites (tertiary alicyclic amines) is 1. The zero-order valence-electron chi connectivity index (χ0n) is 16.7. The lowest BCUT2D eigenvalue weighted by molar-refractivity contribution is -0.140. The molecule has 2 saturated carbocycles. The summed E-state index contributed by atoms with van der Waals surface area (Å²) < 4.78 is 0. The van der Waals surface area contributed by atoms with Gasteiger partial charge in [0.2, 0.25) is 5.91 Å². The smallest absolute Gasteiger partial charge is 0.225 e. The molecule has 1 amide bonds. The standard InChI is InChI=1S/C23H35N3O/c1-25(23(27)20-14-18-8-5-9-19(15-20)22(18)24)21-10-12-26(13-11-21)16-17-6-3-2-4-7-17/h2-4,6-7,18-22H,5,8-16,24H2,1H3. The summed E-state index contributed by atoms with van der Waals surface area (Å²) in [6.07, 6.45) is 7.98. The summed E-state index contributed by atoms with van der Waals surface area (Å²) >= 11 is 0. The molecule has 0 aromatic heterocycles. The summed E-state index contributed by atoms with van der Waals surface area (Å²) in [5.74, 6) is 1.76. The van der Waals surface area contributed by atoms with Crippen LogP contribution < -0.4 is 5.73 Å². The van der Waals surface area contributed by atoms with E-state index in [0.29, 0.717) is 29.8 Å². The molecule has 2 atom stereocenters. The summed E-state index contributed by atoms with van der Waals surface area (Å²) in [7, 11) is 2.05. The third kappa shape index (κ3) is 4.22. The normalized spacial score (nSPS) is 32.2. The number of carbonyl (C=O) groups is 1. The molecule has 148 valence electrons. The predicted octanol–water partition coefficient (Wildman–Crippen LogP) is 3.26. The second-order valence-corrected chi connectivity index (χ2v) is 9.14. The Kier molecular flexibility index (Phi) is 5.84. The van der Waals surface area contributed by atoms with E-state index in [4.69, 9.17) is 5.73 Å². The van der Waals surface area contributed by atoms with Crippen molar-refractivity contribution in [3.05, 3.63) is 35.9 Å². The van der Waals surface area contributed by atoms with Crippen molar-refractivity contribution in [1.29, 1.82) is 0 Å². The van der Waals surface area contributed by atoms with Crippen molar-refractivity contribution in [2.75, 3.05) is 20.1 Å². The molecule has 0 spiro atoms. The largest absolute Gasteiger partial charge is 0.342 e. The summed E-state index contributed by atoms with van der Waals surface area (Å²) in [4.78, 5) is 17.8. The number of piperidine rings is 1. The van der Waals surface area contributed by atoms with Gasteiger partial charge >= 0.3 is 0 Å². The Hall–Kier alpha value is -1.39. The van der Waals surface area contributed by atoms with E-state index in [1.807, 2.05) is 7.05 Å². The van der Waals surface area contributed by atoms with Crippen molar-refractivity contribution in [2.45, 2.75) is 63.6 Å². The summed E-state index contributed by atoms with van der Waals surface area (Å²) in [6, 6.07) is 11.4.